The second-order valence-electron chi connectivity index (χ2n) is 6.25. The van der Waals surface area contributed by atoms with E-state index in [-0.39, 0.29) is 0 Å². The van der Waals surface area contributed by atoms with Crippen LogP contribution in [0.2, 0.25) is 0 Å². The van der Waals surface area contributed by atoms with Gasteiger partial charge in [0, 0.05) is 50.0 Å². The van der Waals surface area contributed by atoms with Gasteiger partial charge in [0.25, 0.3) is 0 Å². The van der Waals surface area contributed by atoms with Gasteiger partial charge in [0.05, 0.1) is 6.61 Å². The Morgan fingerprint density at radius 2 is 2.00 bits per heavy atom. The highest BCUT2D eigenvalue weighted by Crippen LogP contribution is 2.51. The molecule has 1 aliphatic carbocycles. The fraction of sp³-hybridized carbons (Fsp3) is 0.611. The third kappa shape index (κ3) is 6.71. The van der Waals surface area contributed by atoms with Crippen LogP contribution < -0.4 is 10.6 Å². The second-order valence-corrected chi connectivity index (χ2v) is 7.79. The van der Waals surface area contributed by atoms with Gasteiger partial charge < -0.3 is 20.3 Å². The van der Waals surface area contributed by atoms with Gasteiger partial charge >= 0.3 is 0 Å². The van der Waals surface area contributed by atoms with E-state index in [0.29, 0.717) is 4.75 Å². The van der Waals surface area contributed by atoms with E-state index in [1.807, 2.05) is 18.8 Å². The quantitative estimate of drug-likeness (QED) is 0.500. The largest absolute Gasteiger partial charge is 0.383 e. The highest BCUT2D eigenvalue weighted by molar-refractivity contribution is 8.01. The molecule has 0 amide bonds. The highest BCUT2D eigenvalue weighted by Gasteiger charge is 2.43. The zero-order valence-corrected chi connectivity index (χ0v) is 15.9. The van der Waals surface area contributed by atoms with E-state index in [0.717, 1.165) is 38.7 Å². The number of thioether (sulfide) groups is 1. The van der Waals surface area contributed by atoms with Crippen molar-refractivity contribution in [2.24, 2.45) is 4.99 Å². The second kappa shape index (κ2) is 9.91. The molecule has 1 aromatic carbocycles. The molecule has 1 aliphatic rings. The lowest BCUT2D eigenvalue weighted by Crippen LogP contribution is -2.43. The zero-order chi connectivity index (χ0) is 17.3. The Bertz CT molecular complexity index is 505. The molecular weight excluding hydrogens is 320 g/mol. The molecule has 2 rings (SSSR count). The SMILES string of the molecule is CN=C(NCCN(C)CCOC)NCC1(Sc2ccccc2)CC1. The Kier molecular flexibility index (Phi) is 7.88. The lowest BCUT2D eigenvalue weighted by molar-refractivity contribution is 0.162. The standard InChI is InChI=1S/C18H30N4OS/c1-19-17(20-11-12-22(2)13-14-23-3)21-15-18(9-10-18)24-16-7-5-4-6-8-16/h4-8H,9-15H2,1-3H3,(H2,19,20,21). The molecule has 0 radical (unpaired) electrons. The van der Waals surface area contributed by atoms with Crippen LogP contribution >= 0.6 is 11.8 Å². The molecule has 0 spiro atoms. The van der Waals surface area contributed by atoms with Crippen molar-refractivity contribution in [1.29, 1.82) is 0 Å². The first-order valence-corrected chi connectivity index (χ1v) is 9.35. The van der Waals surface area contributed by atoms with Crippen LogP contribution in [-0.2, 0) is 4.74 Å². The lowest BCUT2D eigenvalue weighted by Gasteiger charge is -2.20. The van der Waals surface area contributed by atoms with Gasteiger partial charge in [-0.1, -0.05) is 18.2 Å². The number of ether oxygens (including phenoxy) is 1. The zero-order valence-electron chi connectivity index (χ0n) is 15.0. The van der Waals surface area contributed by atoms with E-state index in [1.54, 1.807) is 7.11 Å². The maximum absolute atomic E-state index is 5.09. The highest BCUT2D eigenvalue weighted by atomic mass is 32.2. The molecule has 0 bridgehead atoms. The number of rotatable bonds is 10. The van der Waals surface area contributed by atoms with Gasteiger partial charge in [-0.2, -0.15) is 0 Å². The topological polar surface area (TPSA) is 48.9 Å². The fourth-order valence-corrected chi connectivity index (χ4v) is 3.63. The number of hydrogen-bond donors (Lipinski definition) is 2. The molecule has 0 aliphatic heterocycles. The van der Waals surface area contributed by atoms with Crippen molar-refractivity contribution in [2.75, 3.05) is 54.0 Å². The maximum Gasteiger partial charge on any atom is 0.191 e. The van der Waals surface area contributed by atoms with Crippen molar-refractivity contribution in [3.63, 3.8) is 0 Å². The van der Waals surface area contributed by atoms with E-state index in [2.05, 4.69) is 57.9 Å². The van der Waals surface area contributed by atoms with Crippen molar-refractivity contribution < 1.29 is 4.74 Å². The summed E-state index contributed by atoms with van der Waals surface area (Å²) < 4.78 is 5.42. The molecule has 24 heavy (non-hydrogen) atoms. The Balaban J connectivity index is 1.68. The summed E-state index contributed by atoms with van der Waals surface area (Å²) in [5.74, 6) is 0.884. The minimum atomic E-state index is 0.328. The van der Waals surface area contributed by atoms with Gasteiger partial charge in [0.15, 0.2) is 5.96 Å². The Hall–Kier alpha value is -1.24. The van der Waals surface area contributed by atoms with Crippen LogP contribution in [0, 0.1) is 0 Å². The third-order valence-electron chi connectivity index (χ3n) is 4.15. The number of hydrogen-bond acceptors (Lipinski definition) is 4. The summed E-state index contributed by atoms with van der Waals surface area (Å²) in [6.07, 6.45) is 2.52. The van der Waals surface area contributed by atoms with Gasteiger partial charge in [0.2, 0.25) is 0 Å². The fourth-order valence-electron chi connectivity index (χ4n) is 2.38. The van der Waals surface area contributed by atoms with E-state index >= 15 is 0 Å². The van der Waals surface area contributed by atoms with Crippen LogP contribution in [-0.4, -0.2) is 69.6 Å². The number of benzene rings is 1. The van der Waals surface area contributed by atoms with Crippen LogP contribution in [0.25, 0.3) is 0 Å². The molecule has 0 heterocycles. The van der Waals surface area contributed by atoms with Crippen LogP contribution in [0.15, 0.2) is 40.2 Å². The molecular formula is C18H30N4OS. The first-order valence-electron chi connectivity index (χ1n) is 8.53. The summed E-state index contributed by atoms with van der Waals surface area (Å²) >= 11 is 1.98. The summed E-state index contributed by atoms with van der Waals surface area (Å²) in [5.41, 5.74) is 0. The predicted octanol–water partition coefficient (Wildman–Crippen LogP) is 2.05. The van der Waals surface area contributed by atoms with Gasteiger partial charge in [-0.15, -0.1) is 11.8 Å². The number of nitrogens with one attached hydrogen (secondary N) is 2. The van der Waals surface area contributed by atoms with Crippen molar-refractivity contribution in [3.8, 4) is 0 Å². The lowest BCUT2D eigenvalue weighted by atomic mass is 10.4. The average Bonchev–Trinajstić information content (AvgIpc) is 3.36. The summed E-state index contributed by atoms with van der Waals surface area (Å²) in [7, 11) is 5.67. The summed E-state index contributed by atoms with van der Waals surface area (Å²) in [6, 6.07) is 10.7. The molecule has 2 N–H and O–H groups in total. The molecule has 1 fully saturated rings. The smallest absolute Gasteiger partial charge is 0.191 e. The van der Waals surface area contributed by atoms with Crippen molar-refractivity contribution in [3.05, 3.63) is 30.3 Å². The molecule has 134 valence electrons. The molecule has 5 nitrogen and oxygen atoms in total. The number of methoxy groups -OCH3 is 1. The first-order chi connectivity index (χ1) is 11.7. The van der Waals surface area contributed by atoms with E-state index in [9.17, 15) is 0 Å². The van der Waals surface area contributed by atoms with Crippen LogP contribution in [0.1, 0.15) is 12.8 Å². The van der Waals surface area contributed by atoms with Gasteiger partial charge in [-0.25, -0.2) is 0 Å². The Labute approximate surface area is 150 Å². The molecule has 0 unspecified atom stereocenters. The minimum absolute atomic E-state index is 0.328. The number of likely N-dealkylation sites (N-methyl/N-ethyl adjacent to an activating group) is 1. The molecule has 0 atom stereocenters. The van der Waals surface area contributed by atoms with Gasteiger partial charge in [0.1, 0.15) is 0 Å². The van der Waals surface area contributed by atoms with Crippen molar-refractivity contribution in [1.82, 2.24) is 15.5 Å². The number of guanidine groups is 1. The van der Waals surface area contributed by atoms with Crippen LogP contribution in [0.5, 0.6) is 0 Å². The van der Waals surface area contributed by atoms with Crippen LogP contribution in [0.4, 0.5) is 0 Å². The predicted molar refractivity (Wildman–Crippen MR) is 103 cm³/mol. The van der Waals surface area contributed by atoms with Gasteiger partial charge in [-0.05, 0) is 32.0 Å². The van der Waals surface area contributed by atoms with Gasteiger partial charge in [-0.3, -0.25) is 4.99 Å². The van der Waals surface area contributed by atoms with E-state index in [4.69, 9.17) is 4.74 Å². The Morgan fingerprint density at radius 1 is 1.25 bits per heavy atom. The van der Waals surface area contributed by atoms with Crippen molar-refractivity contribution in [2.45, 2.75) is 22.5 Å². The van der Waals surface area contributed by atoms with E-state index < -0.39 is 0 Å². The number of nitrogens with zero attached hydrogens (tertiary/aromatic N) is 2. The summed E-state index contributed by atoms with van der Waals surface area (Å²) in [4.78, 5) is 7.92. The normalized spacial score (nSPS) is 16.2. The molecule has 0 aromatic heterocycles. The maximum atomic E-state index is 5.09. The average molecular weight is 351 g/mol. The third-order valence-corrected chi connectivity index (χ3v) is 5.64. The molecule has 6 heteroatoms. The van der Waals surface area contributed by atoms with E-state index in [1.165, 1.54) is 17.7 Å². The monoisotopic (exact) mass is 350 g/mol. The summed E-state index contributed by atoms with van der Waals surface area (Å²) in [5, 5.41) is 6.87. The van der Waals surface area contributed by atoms with Crippen LogP contribution in [0.3, 0.4) is 0 Å². The number of aliphatic imine (C=N–C) groups is 1. The Morgan fingerprint density at radius 3 is 2.62 bits per heavy atom. The molecule has 1 saturated carbocycles. The molecule has 0 saturated heterocycles. The minimum Gasteiger partial charge on any atom is -0.383 e. The summed E-state index contributed by atoms with van der Waals surface area (Å²) in [6.45, 7) is 4.50. The first kappa shape index (κ1) is 19.1. The van der Waals surface area contributed by atoms with Crippen molar-refractivity contribution >= 4 is 17.7 Å². The molecule has 1 aromatic rings.